The quantitative estimate of drug-likeness (QED) is 0.478. The standard InChI is InChI=1S/C25H38N8O3/c1-4-26-23(34)14-33-17-6-5-7-18(33)12-19(11-17)32(3)25-28-21(27-22-10-16(2)30-31-22)13-24(29-25)36-20-8-9-35-15-20/h10,13,17-20H,4-9,11-12,14-15H2,1-3H3,(H,26,34)(H2,27,28,29,30,31)/t17-,18+,19?,20-/m0/s1. The van der Waals surface area contributed by atoms with Crippen molar-refractivity contribution in [1.29, 1.82) is 0 Å². The Bertz CT molecular complexity index is 1030. The highest BCUT2D eigenvalue weighted by atomic mass is 16.5. The van der Waals surface area contributed by atoms with E-state index in [1.165, 1.54) is 6.42 Å². The van der Waals surface area contributed by atoms with Crippen molar-refractivity contribution in [1.82, 2.24) is 30.4 Å². The Morgan fingerprint density at radius 2 is 2.03 bits per heavy atom. The fourth-order valence-corrected chi connectivity index (χ4v) is 5.69. The second-order valence-corrected chi connectivity index (χ2v) is 10.2. The van der Waals surface area contributed by atoms with Crippen molar-refractivity contribution in [3.05, 3.63) is 17.8 Å². The minimum atomic E-state index is -0.00426. The molecule has 2 bridgehead atoms. The van der Waals surface area contributed by atoms with E-state index in [-0.39, 0.29) is 18.1 Å². The Hall–Kier alpha value is -2.92. The van der Waals surface area contributed by atoms with Crippen molar-refractivity contribution in [2.45, 2.75) is 76.6 Å². The molecular formula is C25H38N8O3. The number of piperidine rings is 2. The van der Waals surface area contributed by atoms with Gasteiger partial charge in [0.15, 0.2) is 5.82 Å². The Kier molecular flexibility index (Phi) is 7.56. The molecule has 36 heavy (non-hydrogen) atoms. The largest absolute Gasteiger partial charge is 0.472 e. The number of nitrogens with one attached hydrogen (secondary N) is 3. The van der Waals surface area contributed by atoms with Crippen LogP contribution < -0.4 is 20.3 Å². The van der Waals surface area contributed by atoms with Crippen LogP contribution in [0.2, 0.25) is 0 Å². The molecule has 5 rings (SSSR count). The van der Waals surface area contributed by atoms with E-state index in [9.17, 15) is 4.79 Å². The molecule has 1 unspecified atom stereocenters. The van der Waals surface area contributed by atoms with E-state index in [4.69, 9.17) is 19.4 Å². The molecule has 3 fully saturated rings. The molecule has 1 amide bonds. The third-order valence-corrected chi connectivity index (χ3v) is 7.49. The summed E-state index contributed by atoms with van der Waals surface area (Å²) in [5.74, 6) is 2.62. The van der Waals surface area contributed by atoms with Crippen LogP contribution in [-0.2, 0) is 9.53 Å². The third kappa shape index (κ3) is 5.73. The zero-order valence-corrected chi connectivity index (χ0v) is 21.5. The summed E-state index contributed by atoms with van der Waals surface area (Å²) in [6.45, 7) is 6.36. The van der Waals surface area contributed by atoms with Gasteiger partial charge in [-0.15, -0.1) is 0 Å². The number of likely N-dealkylation sites (N-methyl/N-ethyl adjacent to an activating group) is 1. The lowest BCUT2D eigenvalue weighted by Crippen LogP contribution is -2.58. The summed E-state index contributed by atoms with van der Waals surface area (Å²) in [7, 11) is 2.07. The second kappa shape index (κ2) is 11.0. The number of aryl methyl sites for hydroxylation is 1. The summed E-state index contributed by atoms with van der Waals surface area (Å²) in [5.41, 5.74) is 0.967. The van der Waals surface area contributed by atoms with Crippen LogP contribution >= 0.6 is 0 Å². The Labute approximate surface area is 212 Å². The lowest BCUT2D eigenvalue weighted by atomic mass is 9.81. The maximum atomic E-state index is 12.3. The minimum absolute atomic E-state index is 0.00426. The highest BCUT2D eigenvalue weighted by Gasteiger charge is 2.40. The highest BCUT2D eigenvalue weighted by molar-refractivity contribution is 5.78. The average Bonchev–Trinajstić information content (AvgIpc) is 3.50. The number of hydrogen-bond acceptors (Lipinski definition) is 9. The second-order valence-electron chi connectivity index (χ2n) is 10.2. The number of nitrogens with zero attached hydrogens (tertiary/aromatic N) is 5. The Balaban J connectivity index is 1.34. The molecule has 3 saturated heterocycles. The third-order valence-electron chi connectivity index (χ3n) is 7.49. The maximum Gasteiger partial charge on any atom is 0.234 e. The molecule has 0 saturated carbocycles. The van der Waals surface area contributed by atoms with E-state index in [0.717, 1.165) is 37.8 Å². The zero-order valence-electron chi connectivity index (χ0n) is 21.5. The van der Waals surface area contributed by atoms with Gasteiger partial charge in [-0.1, -0.05) is 6.42 Å². The van der Waals surface area contributed by atoms with Crippen LogP contribution in [-0.4, -0.2) is 88.6 Å². The summed E-state index contributed by atoms with van der Waals surface area (Å²) >= 11 is 0. The van der Waals surface area contributed by atoms with Crippen molar-refractivity contribution in [3.63, 3.8) is 0 Å². The number of hydrogen-bond donors (Lipinski definition) is 3. The molecule has 0 spiro atoms. The first-order chi connectivity index (χ1) is 17.5. The van der Waals surface area contributed by atoms with E-state index >= 15 is 0 Å². The number of amides is 1. The molecule has 3 aliphatic heterocycles. The first-order valence-corrected chi connectivity index (χ1v) is 13.2. The molecule has 2 aromatic rings. The molecule has 5 heterocycles. The molecular weight excluding hydrogens is 460 g/mol. The number of carbonyl (C=O) groups is 1. The number of anilines is 3. The molecule has 0 aliphatic carbocycles. The molecule has 3 N–H and O–H groups in total. The molecule has 11 heteroatoms. The number of rotatable bonds is 9. The smallest absolute Gasteiger partial charge is 0.234 e. The molecule has 0 radical (unpaired) electrons. The molecule has 0 aromatic carbocycles. The topological polar surface area (TPSA) is 121 Å². The van der Waals surface area contributed by atoms with Crippen molar-refractivity contribution >= 4 is 23.5 Å². The fraction of sp³-hybridized carbons (Fsp3) is 0.680. The zero-order chi connectivity index (χ0) is 25.1. The van der Waals surface area contributed by atoms with Crippen molar-refractivity contribution in [2.75, 3.05) is 43.6 Å². The van der Waals surface area contributed by atoms with Crippen LogP contribution in [0.4, 0.5) is 17.6 Å². The van der Waals surface area contributed by atoms with Crippen molar-refractivity contribution < 1.29 is 14.3 Å². The van der Waals surface area contributed by atoms with Gasteiger partial charge in [-0.25, -0.2) is 0 Å². The summed E-state index contributed by atoms with van der Waals surface area (Å²) in [5, 5.41) is 13.5. The molecule has 11 nitrogen and oxygen atoms in total. The van der Waals surface area contributed by atoms with Gasteiger partial charge in [0.25, 0.3) is 0 Å². The Morgan fingerprint density at radius 1 is 1.22 bits per heavy atom. The lowest BCUT2D eigenvalue weighted by molar-refractivity contribution is -0.125. The van der Waals surface area contributed by atoms with Crippen LogP contribution in [0.25, 0.3) is 0 Å². The molecule has 196 valence electrons. The van der Waals surface area contributed by atoms with Crippen molar-refractivity contribution in [3.8, 4) is 5.88 Å². The Morgan fingerprint density at radius 3 is 2.69 bits per heavy atom. The number of aromatic amines is 1. The average molecular weight is 499 g/mol. The predicted octanol–water partition coefficient (Wildman–Crippen LogP) is 2.38. The van der Waals surface area contributed by atoms with Crippen LogP contribution in [0.1, 0.15) is 51.1 Å². The van der Waals surface area contributed by atoms with Crippen LogP contribution in [0, 0.1) is 6.92 Å². The van der Waals surface area contributed by atoms with Gasteiger partial charge in [-0.3, -0.25) is 14.8 Å². The van der Waals surface area contributed by atoms with Gasteiger partial charge in [0.05, 0.1) is 19.8 Å². The van der Waals surface area contributed by atoms with E-state index in [0.29, 0.717) is 61.9 Å². The highest BCUT2D eigenvalue weighted by Crippen LogP contribution is 2.37. The van der Waals surface area contributed by atoms with Gasteiger partial charge in [0.1, 0.15) is 11.9 Å². The summed E-state index contributed by atoms with van der Waals surface area (Å²) < 4.78 is 11.7. The summed E-state index contributed by atoms with van der Waals surface area (Å²) in [6, 6.07) is 4.84. The number of carbonyl (C=O) groups excluding carboxylic acids is 1. The first-order valence-electron chi connectivity index (χ1n) is 13.2. The van der Waals surface area contributed by atoms with Crippen LogP contribution in [0.5, 0.6) is 5.88 Å². The number of ether oxygens (including phenoxy) is 2. The SMILES string of the molecule is CCNC(=O)CN1[C@@H]2CCC[C@H]1CC(N(C)c1nc(Nc3cc(C)[nH]n3)cc(O[C@H]3CCOC3)n1)C2. The van der Waals surface area contributed by atoms with Crippen LogP contribution in [0.15, 0.2) is 12.1 Å². The number of aromatic nitrogens is 4. The van der Waals surface area contributed by atoms with E-state index in [1.807, 2.05) is 26.0 Å². The summed E-state index contributed by atoms with van der Waals surface area (Å²) in [4.78, 5) is 26.6. The van der Waals surface area contributed by atoms with Gasteiger partial charge in [-0.05, 0) is 39.5 Å². The minimum Gasteiger partial charge on any atom is -0.472 e. The number of H-pyrrole nitrogens is 1. The van der Waals surface area contributed by atoms with Gasteiger partial charge in [0, 0.05) is 56.0 Å². The lowest BCUT2D eigenvalue weighted by Gasteiger charge is -2.50. The molecule has 4 atom stereocenters. The monoisotopic (exact) mass is 498 g/mol. The van der Waals surface area contributed by atoms with E-state index < -0.39 is 0 Å². The normalized spacial score (nSPS) is 26.0. The first kappa shape index (κ1) is 24.8. The molecule has 3 aliphatic rings. The van der Waals surface area contributed by atoms with Gasteiger partial charge >= 0.3 is 0 Å². The predicted molar refractivity (Wildman–Crippen MR) is 137 cm³/mol. The summed E-state index contributed by atoms with van der Waals surface area (Å²) in [6.07, 6.45) is 6.28. The fourth-order valence-electron chi connectivity index (χ4n) is 5.69. The van der Waals surface area contributed by atoms with Gasteiger partial charge in [0.2, 0.25) is 17.7 Å². The maximum absolute atomic E-state index is 12.3. The van der Waals surface area contributed by atoms with Crippen LogP contribution in [0.3, 0.4) is 0 Å². The van der Waals surface area contributed by atoms with Gasteiger partial charge in [-0.2, -0.15) is 15.1 Å². The van der Waals surface area contributed by atoms with E-state index in [2.05, 4.69) is 37.7 Å². The van der Waals surface area contributed by atoms with Gasteiger partial charge < -0.3 is 25.0 Å². The van der Waals surface area contributed by atoms with Crippen molar-refractivity contribution in [2.24, 2.45) is 0 Å². The molecule has 2 aromatic heterocycles. The number of fused-ring (bicyclic) bond motifs is 2. The van der Waals surface area contributed by atoms with E-state index in [1.54, 1.807) is 0 Å².